The topological polar surface area (TPSA) is 26.0 Å². The quantitative estimate of drug-likeness (QED) is 0.637. The van der Waals surface area contributed by atoms with E-state index in [0.717, 1.165) is 5.69 Å². The van der Waals surface area contributed by atoms with E-state index in [9.17, 15) is 0 Å². The predicted octanol–water partition coefficient (Wildman–Crippen LogP) is 1.69. The van der Waals surface area contributed by atoms with Crippen molar-refractivity contribution in [2.45, 2.75) is 17.3 Å². The Bertz CT molecular complexity index is 218. The molecule has 0 aliphatic carbocycles. The van der Waals surface area contributed by atoms with Crippen molar-refractivity contribution in [2.24, 2.45) is 0 Å². The molecule has 0 fully saturated rings. The number of hydrogen-bond donors (Lipinski definition) is 1. The first-order valence-electron chi connectivity index (χ1n) is 3.70. The molecule has 0 radical (unpaired) electrons. The molecule has 0 aliphatic rings. The zero-order valence-electron chi connectivity index (χ0n) is 6.62. The summed E-state index contributed by atoms with van der Waals surface area (Å²) < 4.78 is 1.23. The molecule has 11 heavy (non-hydrogen) atoms. The molecule has 1 atom stereocenters. The Hall–Kier alpha value is -0.190. The number of anilines is 1. The van der Waals surface area contributed by atoms with Crippen LogP contribution in [0, 0.1) is 0 Å². The number of nitrogens with two attached hydrogens (primary N) is 1. The minimum absolute atomic E-state index is 0.671. The Morgan fingerprint density at radius 3 is 2.36 bits per heavy atom. The van der Waals surface area contributed by atoms with Gasteiger partial charge in [0, 0.05) is 0 Å². The van der Waals surface area contributed by atoms with Crippen LogP contribution in [0.5, 0.6) is 0 Å². The monoisotopic (exact) mass is 265 g/mol. The Kier molecular flexibility index (Phi) is 3.23. The van der Waals surface area contributed by atoms with Gasteiger partial charge in [0.05, 0.1) is 0 Å². The SMILES string of the molecule is CC(C[TeH])c1ccc(N)cc1. The van der Waals surface area contributed by atoms with Crippen LogP contribution < -0.4 is 5.73 Å². The van der Waals surface area contributed by atoms with Crippen molar-refractivity contribution in [3.8, 4) is 0 Å². The van der Waals surface area contributed by atoms with E-state index in [0.29, 0.717) is 5.92 Å². The van der Waals surface area contributed by atoms with E-state index < -0.39 is 0 Å². The molecule has 0 aromatic heterocycles. The Morgan fingerprint density at radius 1 is 1.36 bits per heavy atom. The fourth-order valence-electron chi connectivity index (χ4n) is 0.930. The van der Waals surface area contributed by atoms with Gasteiger partial charge in [-0.05, 0) is 0 Å². The number of nitrogen functional groups attached to an aromatic ring is 1. The average Bonchev–Trinajstić information content (AvgIpc) is 2.05. The maximum atomic E-state index is 5.57. The van der Waals surface area contributed by atoms with Crippen LogP contribution in [0.3, 0.4) is 0 Å². The van der Waals surface area contributed by atoms with Crippen molar-refractivity contribution >= 4 is 28.0 Å². The van der Waals surface area contributed by atoms with Crippen molar-refractivity contribution in [3.63, 3.8) is 0 Å². The summed E-state index contributed by atoms with van der Waals surface area (Å²) in [5.74, 6) is 0.671. The molecule has 0 bridgehead atoms. The van der Waals surface area contributed by atoms with Crippen LogP contribution in [0.15, 0.2) is 24.3 Å². The normalized spacial score (nSPS) is 12.9. The first kappa shape index (κ1) is 8.90. The fourth-order valence-corrected chi connectivity index (χ4v) is 1.53. The van der Waals surface area contributed by atoms with Crippen molar-refractivity contribution in [3.05, 3.63) is 29.8 Å². The van der Waals surface area contributed by atoms with E-state index in [4.69, 9.17) is 5.73 Å². The van der Waals surface area contributed by atoms with Gasteiger partial charge in [0.2, 0.25) is 0 Å². The molecular weight excluding hydrogens is 250 g/mol. The summed E-state index contributed by atoms with van der Waals surface area (Å²) in [7, 11) is 0. The average molecular weight is 263 g/mol. The van der Waals surface area contributed by atoms with Gasteiger partial charge < -0.3 is 0 Å². The molecule has 0 amide bonds. The molecule has 2 heteroatoms. The Morgan fingerprint density at radius 2 is 1.91 bits per heavy atom. The van der Waals surface area contributed by atoms with Crippen LogP contribution in [0.25, 0.3) is 0 Å². The number of hydrogen-bond acceptors (Lipinski definition) is 1. The van der Waals surface area contributed by atoms with Gasteiger partial charge in [-0.2, -0.15) is 0 Å². The van der Waals surface area contributed by atoms with Gasteiger partial charge in [-0.25, -0.2) is 0 Å². The van der Waals surface area contributed by atoms with Gasteiger partial charge in [-0.15, -0.1) is 0 Å². The molecule has 0 heterocycles. The van der Waals surface area contributed by atoms with Crippen LogP contribution in [0.2, 0.25) is 4.47 Å². The molecule has 2 N–H and O–H groups in total. The van der Waals surface area contributed by atoms with E-state index in [1.807, 2.05) is 34.4 Å². The molecule has 60 valence electrons. The van der Waals surface area contributed by atoms with Gasteiger partial charge in [0.15, 0.2) is 0 Å². The molecule has 1 rings (SSSR count). The summed E-state index contributed by atoms with van der Waals surface area (Å²) in [6.07, 6.45) is 0. The molecule has 0 saturated heterocycles. The van der Waals surface area contributed by atoms with E-state index in [-0.39, 0.29) is 0 Å². The summed E-state index contributed by atoms with van der Waals surface area (Å²) in [6.45, 7) is 2.24. The zero-order chi connectivity index (χ0) is 8.27. The van der Waals surface area contributed by atoms with Crippen LogP contribution in [0.4, 0.5) is 5.69 Å². The second kappa shape index (κ2) is 3.99. The molecule has 1 nitrogen and oxygen atoms in total. The third kappa shape index (κ3) is 2.39. The maximum absolute atomic E-state index is 5.57. The van der Waals surface area contributed by atoms with E-state index in [1.54, 1.807) is 0 Å². The van der Waals surface area contributed by atoms with Crippen LogP contribution in [0.1, 0.15) is 18.4 Å². The summed E-state index contributed by atoms with van der Waals surface area (Å²) in [5, 5.41) is 0. The molecule has 1 aromatic rings. The summed E-state index contributed by atoms with van der Waals surface area (Å²) in [6, 6.07) is 8.15. The molecule has 0 saturated carbocycles. The van der Waals surface area contributed by atoms with Crippen LogP contribution in [-0.4, -0.2) is 22.3 Å². The van der Waals surface area contributed by atoms with Crippen LogP contribution >= 0.6 is 0 Å². The van der Waals surface area contributed by atoms with Crippen molar-refractivity contribution < 1.29 is 0 Å². The van der Waals surface area contributed by atoms with Gasteiger partial charge >= 0.3 is 80.9 Å². The van der Waals surface area contributed by atoms with Gasteiger partial charge in [0.25, 0.3) is 0 Å². The molecular formula is C9H13NTe. The Balaban J connectivity index is 2.81. The minimum atomic E-state index is 0.671. The first-order valence-corrected chi connectivity index (χ1v) is 5.51. The van der Waals surface area contributed by atoms with E-state index in [2.05, 4.69) is 19.1 Å². The number of rotatable bonds is 2. The van der Waals surface area contributed by atoms with Gasteiger partial charge in [-0.1, -0.05) is 0 Å². The van der Waals surface area contributed by atoms with Gasteiger partial charge in [0.1, 0.15) is 0 Å². The second-order valence-electron chi connectivity index (χ2n) is 2.75. The summed E-state index contributed by atoms with van der Waals surface area (Å²) >= 11 is 1.86. The van der Waals surface area contributed by atoms with Crippen molar-refractivity contribution in [1.82, 2.24) is 0 Å². The van der Waals surface area contributed by atoms with E-state index >= 15 is 0 Å². The predicted molar refractivity (Wildman–Crippen MR) is 51.2 cm³/mol. The fraction of sp³-hybridized carbons (Fsp3) is 0.333. The molecule has 0 spiro atoms. The molecule has 0 aliphatic heterocycles. The van der Waals surface area contributed by atoms with Crippen molar-refractivity contribution in [2.75, 3.05) is 5.73 Å². The summed E-state index contributed by atoms with van der Waals surface area (Å²) in [5.41, 5.74) is 7.81. The third-order valence-electron chi connectivity index (χ3n) is 1.78. The first-order chi connectivity index (χ1) is 5.24. The standard InChI is InChI=1S/C9H13NTe/c1-7(6-11)8-2-4-9(10)5-3-8/h2-5,7,11H,6,10H2,1H3. The Labute approximate surface area is 80.9 Å². The number of benzene rings is 1. The third-order valence-corrected chi connectivity index (χ3v) is 3.34. The second-order valence-corrected chi connectivity index (χ2v) is 3.79. The molecule has 1 unspecified atom stereocenters. The molecule has 1 aromatic carbocycles. The van der Waals surface area contributed by atoms with Gasteiger partial charge in [-0.3, -0.25) is 0 Å². The van der Waals surface area contributed by atoms with Crippen LogP contribution in [-0.2, 0) is 0 Å². The zero-order valence-corrected chi connectivity index (χ0v) is 9.17. The summed E-state index contributed by atoms with van der Waals surface area (Å²) in [4.78, 5) is 0. The van der Waals surface area contributed by atoms with Crippen molar-refractivity contribution in [1.29, 1.82) is 0 Å². The van der Waals surface area contributed by atoms with E-state index in [1.165, 1.54) is 10.0 Å².